The van der Waals surface area contributed by atoms with Crippen LogP contribution in [0.1, 0.15) is 49.3 Å². The van der Waals surface area contributed by atoms with E-state index in [9.17, 15) is 9.59 Å². The lowest BCUT2D eigenvalue weighted by Crippen LogP contribution is -2.46. The van der Waals surface area contributed by atoms with E-state index in [1.807, 2.05) is 17.0 Å². The maximum absolute atomic E-state index is 12.5. The van der Waals surface area contributed by atoms with E-state index in [4.69, 9.17) is 11.6 Å². The molecule has 1 atom stereocenters. The van der Waals surface area contributed by atoms with Crippen molar-refractivity contribution in [2.24, 2.45) is 5.92 Å². The van der Waals surface area contributed by atoms with Crippen LogP contribution < -0.4 is 5.32 Å². The van der Waals surface area contributed by atoms with Crippen LogP contribution in [-0.4, -0.2) is 35.7 Å². The molecule has 24 heavy (non-hydrogen) atoms. The fraction of sp³-hybridized carbons (Fsp3) is 0.579. The molecule has 0 spiro atoms. The van der Waals surface area contributed by atoms with Crippen LogP contribution >= 0.6 is 11.6 Å². The monoisotopic (exact) mass is 348 g/mol. The number of carbonyl (C=O) groups excluding carboxylic acids is 2. The van der Waals surface area contributed by atoms with E-state index < -0.39 is 0 Å². The van der Waals surface area contributed by atoms with Gasteiger partial charge in [-0.05, 0) is 30.4 Å². The summed E-state index contributed by atoms with van der Waals surface area (Å²) in [5.74, 6) is 0.184. The Hall–Kier alpha value is -1.55. The predicted octanol–water partition coefficient (Wildman–Crippen LogP) is 3.05. The summed E-state index contributed by atoms with van der Waals surface area (Å²) in [6, 6.07) is 8.06. The van der Waals surface area contributed by atoms with Gasteiger partial charge in [-0.2, -0.15) is 0 Å². The van der Waals surface area contributed by atoms with Crippen LogP contribution in [0.5, 0.6) is 0 Å². The van der Waals surface area contributed by atoms with E-state index >= 15 is 0 Å². The minimum Gasteiger partial charge on any atom is -0.353 e. The van der Waals surface area contributed by atoms with Gasteiger partial charge in [0.25, 0.3) is 0 Å². The van der Waals surface area contributed by atoms with Gasteiger partial charge in [-0.15, -0.1) is 11.6 Å². The van der Waals surface area contributed by atoms with Crippen LogP contribution in [0.3, 0.4) is 0 Å². The molecule has 2 aliphatic rings. The van der Waals surface area contributed by atoms with Crippen molar-refractivity contribution in [2.75, 3.05) is 19.0 Å². The number of benzene rings is 1. The van der Waals surface area contributed by atoms with Crippen LogP contribution in [0.4, 0.5) is 0 Å². The van der Waals surface area contributed by atoms with Gasteiger partial charge in [0.05, 0.1) is 6.04 Å². The molecule has 2 amide bonds. The number of halogens is 1. The van der Waals surface area contributed by atoms with Gasteiger partial charge in [0.1, 0.15) is 5.88 Å². The molecule has 5 heteroatoms. The number of fused-ring (bicyclic) bond motifs is 1. The fourth-order valence-corrected chi connectivity index (χ4v) is 4.11. The Kier molecular flexibility index (Phi) is 5.77. The third-order valence-corrected chi connectivity index (χ3v) is 5.52. The Bertz CT molecular complexity index is 599. The Morgan fingerprint density at radius 2 is 1.92 bits per heavy atom. The summed E-state index contributed by atoms with van der Waals surface area (Å²) < 4.78 is 0. The van der Waals surface area contributed by atoms with Crippen LogP contribution in [0, 0.1) is 5.92 Å². The van der Waals surface area contributed by atoms with Gasteiger partial charge >= 0.3 is 0 Å². The predicted molar refractivity (Wildman–Crippen MR) is 94.9 cm³/mol. The topological polar surface area (TPSA) is 49.4 Å². The molecule has 1 aromatic carbocycles. The summed E-state index contributed by atoms with van der Waals surface area (Å²) in [6.45, 7) is 1.13. The maximum Gasteiger partial charge on any atom is 0.238 e. The lowest BCUT2D eigenvalue weighted by atomic mass is 9.88. The zero-order chi connectivity index (χ0) is 16.9. The third kappa shape index (κ3) is 3.75. The quantitative estimate of drug-likeness (QED) is 0.850. The summed E-state index contributed by atoms with van der Waals surface area (Å²) in [6.07, 6.45) is 6.32. The summed E-state index contributed by atoms with van der Waals surface area (Å²) in [4.78, 5) is 26.5. The molecule has 0 aromatic heterocycles. The molecule has 3 rings (SSSR count). The number of alkyl halides is 1. The minimum absolute atomic E-state index is 0.0186. The van der Waals surface area contributed by atoms with Gasteiger partial charge in [-0.1, -0.05) is 43.5 Å². The molecule has 0 unspecified atom stereocenters. The van der Waals surface area contributed by atoms with Crippen LogP contribution in [0.25, 0.3) is 0 Å². The molecular formula is C19H25ClN2O2. The van der Waals surface area contributed by atoms with Crippen molar-refractivity contribution in [3.05, 3.63) is 35.4 Å². The first-order valence-corrected chi connectivity index (χ1v) is 9.45. The average Bonchev–Trinajstić information content (AvgIpc) is 2.65. The smallest absolute Gasteiger partial charge is 0.238 e. The summed E-state index contributed by atoms with van der Waals surface area (Å²) in [7, 11) is 0. The highest BCUT2D eigenvalue weighted by atomic mass is 35.5. The Balaban J connectivity index is 1.72. The van der Waals surface area contributed by atoms with Crippen molar-refractivity contribution in [2.45, 2.75) is 44.6 Å². The maximum atomic E-state index is 12.5. The number of nitrogens with zero attached hydrogens (tertiary/aromatic N) is 1. The highest BCUT2D eigenvalue weighted by molar-refractivity contribution is 6.27. The Labute approximate surface area is 148 Å². The van der Waals surface area contributed by atoms with Crippen molar-refractivity contribution in [3.8, 4) is 0 Å². The van der Waals surface area contributed by atoms with Gasteiger partial charge < -0.3 is 10.2 Å². The number of amides is 2. The van der Waals surface area contributed by atoms with E-state index in [0.717, 1.165) is 37.7 Å². The molecule has 1 N–H and O–H groups in total. The van der Waals surface area contributed by atoms with Crippen molar-refractivity contribution < 1.29 is 9.59 Å². The number of carbonyl (C=O) groups is 2. The molecule has 1 aliphatic heterocycles. The van der Waals surface area contributed by atoms with Gasteiger partial charge in [-0.25, -0.2) is 0 Å². The van der Waals surface area contributed by atoms with E-state index in [2.05, 4.69) is 17.4 Å². The van der Waals surface area contributed by atoms with Gasteiger partial charge in [0, 0.05) is 19.0 Å². The highest BCUT2D eigenvalue weighted by Crippen LogP contribution is 2.30. The van der Waals surface area contributed by atoms with E-state index in [1.165, 1.54) is 12.0 Å². The van der Waals surface area contributed by atoms with Crippen LogP contribution in [0.15, 0.2) is 24.3 Å². The van der Waals surface area contributed by atoms with Gasteiger partial charge in [0.2, 0.25) is 11.8 Å². The molecule has 1 aliphatic carbocycles. The minimum atomic E-state index is -0.117. The number of hydrogen-bond acceptors (Lipinski definition) is 2. The van der Waals surface area contributed by atoms with Crippen molar-refractivity contribution in [1.82, 2.24) is 10.2 Å². The lowest BCUT2D eigenvalue weighted by molar-refractivity contribution is -0.132. The lowest BCUT2D eigenvalue weighted by Gasteiger charge is -2.37. The van der Waals surface area contributed by atoms with Gasteiger partial charge in [-0.3, -0.25) is 9.59 Å². The van der Waals surface area contributed by atoms with E-state index in [-0.39, 0.29) is 29.7 Å². The summed E-state index contributed by atoms with van der Waals surface area (Å²) in [5, 5.41) is 3.10. The van der Waals surface area contributed by atoms with Crippen LogP contribution in [-0.2, 0) is 16.0 Å². The van der Waals surface area contributed by atoms with Crippen LogP contribution in [0.2, 0.25) is 0 Å². The largest absolute Gasteiger partial charge is 0.353 e. The fourth-order valence-electron chi connectivity index (χ4n) is 3.95. The number of hydrogen-bond donors (Lipinski definition) is 1. The highest BCUT2D eigenvalue weighted by Gasteiger charge is 2.31. The molecule has 1 heterocycles. The summed E-state index contributed by atoms with van der Waals surface area (Å²) >= 11 is 5.78. The number of rotatable bonds is 4. The zero-order valence-electron chi connectivity index (χ0n) is 14.0. The molecule has 1 saturated carbocycles. The summed E-state index contributed by atoms with van der Waals surface area (Å²) in [5.41, 5.74) is 2.39. The first-order valence-electron chi connectivity index (χ1n) is 8.91. The second-order valence-electron chi connectivity index (χ2n) is 6.77. The average molecular weight is 349 g/mol. The molecule has 130 valence electrons. The van der Waals surface area contributed by atoms with E-state index in [1.54, 1.807) is 0 Å². The van der Waals surface area contributed by atoms with Crippen molar-refractivity contribution in [1.29, 1.82) is 0 Å². The first-order chi connectivity index (χ1) is 11.7. The Morgan fingerprint density at radius 3 is 2.67 bits per heavy atom. The second-order valence-corrected chi connectivity index (χ2v) is 7.03. The Morgan fingerprint density at radius 1 is 1.17 bits per heavy atom. The standard InChI is InChI=1S/C19H25ClN2O2/c20-12-18(23)22-11-10-14-6-4-5-9-16(14)17(22)13-21-19(24)15-7-2-1-3-8-15/h4-6,9,15,17H,1-3,7-8,10-13H2,(H,21,24)/t17-/m1/s1. The zero-order valence-corrected chi connectivity index (χ0v) is 14.7. The second kappa shape index (κ2) is 8.02. The van der Waals surface area contributed by atoms with Gasteiger partial charge in [0.15, 0.2) is 0 Å². The normalized spacial score (nSPS) is 21.2. The molecule has 0 radical (unpaired) electrons. The number of nitrogens with one attached hydrogen (secondary N) is 1. The SMILES string of the molecule is O=C(NC[C@@H]1c2ccccc2CCN1C(=O)CCl)C1CCCCC1. The molecule has 1 aromatic rings. The molecule has 0 saturated heterocycles. The molecular weight excluding hydrogens is 324 g/mol. The third-order valence-electron chi connectivity index (χ3n) is 5.29. The van der Waals surface area contributed by atoms with Crippen molar-refractivity contribution in [3.63, 3.8) is 0 Å². The van der Waals surface area contributed by atoms with Crippen molar-refractivity contribution >= 4 is 23.4 Å². The molecule has 0 bridgehead atoms. The molecule has 1 fully saturated rings. The van der Waals surface area contributed by atoms with E-state index in [0.29, 0.717) is 13.1 Å². The molecule has 4 nitrogen and oxygen atoms in total. The first kappa shape index (κ1) is 17.3.